The van der Waals surface area contributed by atoms with Crippen LogP contribution in [-0.4, -0.2) is 11.8 Å². The number of anilines is 1. The van der Waals surface area contributed by atoms with Gasteiger partial charge in [0.25, 0.3) is 0 Å². The third kappa shape index (κ3) is 3.09. The number of nitrogens with zero attached hydrogens (tertiary/aromatic N) is 1. The zero-order chi connectivity index (χ0) is 17.4. The van der Waals surface area contributed by atoms with Crippen molar-refractivity contribution >= 4 is 29.1 Å². The molecule has 1 atom stereocenters. The molecule has 1 aliphatic heterocycles. The highest BCUT2D eigenvalue weighted by Gasteiger charge is 2.40. The van der Waals surface area contributed by atoms with Gasteiger partial charge in [-0.1, -0.05) is 47.0 Å². The molecule has 0 unspecified atom stereocenters. The van der Waals surface area contributed by atoms with E-state index in [1.807, 2.05) is 20.8 Å². The van der Waals surface area contributed by atoms with Crippen molar-refractivity contribution in [3.8, 4) is 0 Å². The summed E-state index contributed by atoms with van der Waals surface area (Å²) < 4.78 is 0. The summed E-state index contributed by atoms with van der Waals surface area (Å²) in [4.78, 5) is 26.6. The summed E-state index contributed by atoms with van der Waals surface area (Å²) in [7, 11) is 0. The van der Waals surface area contributed by atoms with Crippen molar-refractivity contribution in [2.45, 2.75) is 33.6 Å². The lowest BCUT2D eigenvalue weighted by Crippen LogP contribution is -2.31. The number of halogens is 1. The molecule has 0 radical (unpaired) electrons. The van der Waals surface area contributed by atoms with Crippen LogP contribution in [-0.2, 0) is 16.0 Å². The van der Waals surface area contributed by atoms with Crippen LogP contribution < -0.4 is 4.90 Å². The van der Waals surface area contributed by atoms with E-state index < -0.39 is 0 Å². The number of aryl methyl sites for hydroxylation is 2. The fourth-order valence-electron chi connectivity index (χ4n) is 3.42. The summed E-state index contributed by atoms with van der Waals surface area (Å²) >= 11 is 6.14. The van der Waals surface area contributed by atoms with Gasteiger partial charge < -0.3 is 0 Å². The first-order valence-electron chi connectivity index (χ1n) is 8.06. The quantitative estimate of drug-likeness (QED) is 0.776. The fraction of sp³-hybridized carbons (Fsp3) is 0.300. The predicted octanol–water partition coefficient (Wildman–Crippen LogP) is 4.39. The monoisotopic (exact) mass is 341 g/mol. The second-order valence-corrected chi connectivity index (χ2v) is 6.96. The average molecular weight is 342 g/mol. The van der Waals surface area contributed by atoms with Crippen molar-refractivity contribution < 1.29 is 9.59 Å². The third-order valence-electron chi connectivity index (χ3n) is 4.48. The number of hydrogen-bond donors (Lipinski definition) is 0. The number of hydrogen-bond acceptors (Lipinski definition) is 2. The van der Waals surface area contributed by atoms with Crippen LogP contribution in [0.5, 0.6) is 0 Å². The number of amides is 2. The topological polar surface area (TPSA) is 37.4 Å². The minimum atomic E-state index is -0.308. The van der Waals surface area contributed by atoms with Crippen LogP contribution in [0.4, 0.5) is 5.69 Å². The fourth-order valence-corrected chi connectivity index (χ4v) is 3.59. The molecule has 0 N–H and O–H groups in total. The molecule has 1 fully saturated rings. The number of rotatable bonds is 3. The van der Waals surface area contributed by atoms with Gasteiger partial charge in [0.2, 0.25) is 11.8 Å². The Hall–Kier alpha value is -2.13. The third-order valence-corrected chi connectivity index (χ3v) is 4.89. The van der Waals surface area contributed by atoms with Crippen LogP contribution in [0.2, 0.25) is 5.02 Å². The normalized spacial score (nSPS) is 17.7. The molecule has 1 heterocycles. The maximum absolute atomic E-state index is 12.8. The van der Waals surface area contributed by atoms with Gasteiger partial charge in [-0.2, -0.15) is 0 Å². The van der Waals surface area contributed by atoms with E-state index in [1.54, 1.807) is 18.2 Å². The highest BCUT2D eigenvalue weighted by molar-refractivity contribution is 6.32. The highest BCUT2D eigenvalue weighted by Crippen LogP contribution is 2.33. The van der Waals surface area contributed by atoms with Gasteiger partial charge in [0.15, 0.2) is 0 Å². The Kier molecular flexibility index (Phi) is 4.46. The Labute approximate surface area is 147 Å². The number of imide groups is 1. The van der Waals surface area contributed by atoms with Crippen LogP contribution in [0.3, 0.4) is 0 Å². The molecule has 2 amide bonds. The molecule has 1 aliphatic rings. The molecule has 2 aromatic carbocycles. The van der Waals surface area contributed by atoms with Crippen molar-refractivity contribution in [3.63, 3.8) is 0 Å². The molecule has 0 aromatic heterocycles. The zero-order valence-corrected chi connectivity index (χ0v) is 14.9. The molecule has 0 saturated carbocycles. The first kappa shape index (κ1) is 16.7. The molecule has 0 bridgehead atoms. The van der Waals surface area contributed by atoms with E-state index in [1.165, 1.54) is 16.0 Å². The number of carbonyl (C=O) groups excluding carboxylic acids is 2. The summed E-state index contributed by atoms with van der Waals surface area (Å²) in [5, 5.41) is 0.561. The number of benzene rings is 2. The van der Waals surface area contributed by atoms with Crippen molar-refractivity contribution in [2.75, 3.05) is 4.90 Å². The lowest BCUT2D eigenvalue weighted by atomic mass is 9.95. The lowest BCUT2D eigenvalue weighted by molar-refractivity contribution is -0.122. The van der Waals surface area contributed by atoms with E-state index in [0.717, 1.165) is 11.1 Å². The van der Waals surface area contributed by atoms with Crippen LogP contribution in [0.1, 0.15) is 28.7 Å². The highest BCUT2D eigenvalue weighted by atomic mass is 35.5. The van der Waals surface area contributed by atoms with Crippen LogP contribution >= 0.6 is 11.6 Å². The summed E-state index contributed by atoms with van der Waals surface area (Å²) in [6.45, 7) is 5.91. The smallest absolute Gasteiger partial charge is 0.237 e. The van der Waals surface area contributed by atoms with Crippen LogP contribution in [0.25, 0.3) is 0 Å². The molecule has 3 rings (SSSR count). The Morgan fingerprint density at radius 3 is 2.42 bits per heavy atom. The van der Waals surface area contributed by atoms with Gasteiger partial charge in [-0.3, -0.25) is 9.59 Å². The second-order valence-electron chi connectivity index (χ2n) is 6.55. The van der Waals surface area contributed by atoms with Crippen molar-refractivity contribution in [3.05, 3.63) is 63.7 Å². The zero-order valence-electron chi connectivity index (χ0n) is 14.1. The molecule has 3 nitrogen and oxygen atoms in total. The first-order chi connectivity index (χ1) is 11.4. The summed E-state index contributed by atoms with van der Waals surface area (Å²) in [6.07, 6.45) is 0.834. The lowest BCUT2D eigenvalue weighted by Gasteiger charge is -2.18. The van der Waals surface area contributed by atoms with E-state index in [4.69, 9.17) is 11.6 Å². The van der Waals surface area contributed by atoms with Gasteiger partial charge in [-0.25, -0.2) is 4.90 Å². The van der Waals surface area contributed by atoms with Gasteiger partial charge in [-0.15, -0.1) is 0 Å². The summed E-state index contributed by atoms with van der Waals surface area (Å²) in [6, 6.07) is 11.6. The van der Waals surface area contributed by atoms with Gasteiger partial charge in [0.1, 0.15) is 0 Å². The van der Waals surface area contributed by atoms with E-state index in [9.17, 15) is 9.59 Å². The molecule has 2 aromatic rings. The molecule has 4 heteroatoms. The molecule has 124 valence electrons. The van der Waals surface area contributed by atoms with Gasteiger partial charge >= 0.3 is 0 Å². The maximum atomic E-state index is 12.8. The van der Waals surface area contributed by atoms with Crippen LogP contribution in [0, 0.1) is 26.7 Å². The van der Waals surface area contributed by atoms with Gasteiger partial charge in [0.05, 0.1) is 11.6 Å². The molecule has 0 spiro atoms. The van der Waals surface area contributed by atoms with Gasteiger partial charge in [-0.05, 0) is 50.5 Å². The summed E-state index contributed by atoms with van der Waals surface area (Å²) in [5.41, 5.74) is 4.80. The first-order valence-corrected chi connectivity index (χ1v) is 8.43. The van der Waals surface area contributed by atoms with Crippen molar-refractivity contribution in [1.82, 2.24) is 0 Å². The van der Waals surface area contributed by atoms with E-state index in [0.29, 0.717) is 17.1 Å². The maximum Gasteiger partial charge on any atom is 0.237 e. The number of carbonyl (C=O) groups is 2. The molecular formula is C20H20ClNO2. The van der Waals surface area contributed by atoms with Crippen molar-refractivity contribution in [1.29, 1.82) is 0 Å². The van der Waals surface area contributed by atoms with Crippen LogP contribution in [0.15, 0.2) is 36.4 Å². The minimum Gasteiger partial charge on any atom is -0.274 e. The SMILES string of the molecule is Cc1cc(C)cc(C[C@@H]2CC(=O)N(c3cccc(Cl)c3C)C2=O)c1. The molecule has 1 saturated heterocycles. The Balaban J connectivity index is 1.88. The van der Waals surface area contributed by atoms with Crippen molar-refractivity contribution in [2.24, 2.45) is 5.92 Å². The largest absolute Gasteiger partial charge is 0.274 e. The van der Waals surface area contributed by atoms with E-state index in [-0.39, 0.29) is 24.2 Å². The summed E-state index contributed by atoms with van der Waals surface area (Å²) in [5.74, 6) is -0.596. The average Bonchev–Trinajstić information content (AvgIpc) is 2.76. The standard InChI is InChI=1S/C20H20ClNO2/c1-12-7-13(2)9-15(8-12)10-16-11-19(23)22(20(16)24)18-6-4-5-17(21)14(18)3/h4-9,16H,10-11H2,1-3H3/t16-/m1/s1. The van der Waals surface area contributed by atoms with E-state index >= 15 is 0 Å². The Bertz CT molecular complexity index is 808. The molecule has 0 aliphatic carbocycles. The van der Waals surface area contributed by atoms with E-state index in [2.05, 4.69) is 18.2 Å². The second kappa shape index (κ2) is 6.40. The molecular weight excluding hydrogens is 322 g/mol. The molecule has 24 heavy (non-hydrogen) atoms. The van der Waals surface area contributed by atoms with Gasteiger partial charge in [0, 0.05) is 11.4 Å². The predicted molar refractivity (Wildman–Crippen MR) is 96.4 cm³/mol. The Morgan fingerprint density at radius 1 is 1.08 bits per heavy atom. The Morgan fingerprint density at radius 2 is 1.75 bits per heavy atom. The minimum absolute atomic E-state index is 0.135.